The molecule has 0 saturated heterocycles. The van der Waals surface area contributed by atoms with Crippen molar-refractivity contribution in [3.8, 4) is 0 Å². The second-order valence-electron chi connectivity index (χ2n) is 5.16. The Morgan fingerprint density at radius 2 is 2.18 bits per heavy atom. The number of anilines is 1. The van der Waals surface area contributed by atoms with E-state index in [4.69, 9.17) is 0 Å². The third-order valence-electron chi connectivity index (χ3n) is 3.36. The lowest BCUT2D eigenvalue weighted by Crippen LogP contribution is -2.16. The molecule has 0 radical (unpaired) electrons. The predicted molar refractivity (Wildman–Crippen MR) is 84.2 cm³/mol. The van der Waals surface area contributed by atoms with E-state index in [0.717, 1.165) is 35.7 Å². The Labute approximate surface area is 128 Å². The van der Waals surface area contributed by atoms with Crippen molar-refractivity contribution in [3.63, 3.8) is 0 Å². The molecule has 0 saturated carbocycles. The summed E-state index contributed by atoms with van der Waals surface area (Å²) in [4.78, 5) is 16.3. The van der Waals surface area contributed by atoms with Crippen molar-refractivity contribution in [1.82, 2.24) is 20.5 Å². The van der Waals surface area contributed by atoms with Crippen LogP contribution in [0, 0.1) is 6.92 Å². The van der Waals surface area contributed by atoms with Gasteiger partial charge in [-0.25, -0.2) is 0 Å². The zero-order valence-corrected chi connectivity index (χ0v) is 12.3. The molecule has 0 fully saturated rings. The van der Waals surface area contributed by atoms with Crippen molar-refractivity contribution in [2.24, 2.45) is 0 Å². The summed E-state index contributed by atoms with van der Waals surface area (Å²) < 4.78 is 0. The highest BCUT2D eigenvalue weighted by Gasteiger charge is 2.10. The zero-order chi connectivity index (χ0) is 15.4. The van der Waals surface area contributed by atoms with Crippen LogP contribution in [0.15, 0.2) is 36.4 Å². The standard InChI is InChI=1S/C16H17N5O/c1-11-3-2-4-13(18-11)9-16(22)19-15-6-5-14(20-21-15)12-7-8-17-10-12/h2-7,17H,8-10H2,1H3,(H,19,21,22). The van der Waals surface area contributed by atoms with Crippen molar-refractivity contribution in [3.05, 3.63) is 53.5 Å². The number of aromatic nitrogens is 3. The molecule has 6 nitrogen and oxygen atoms in total. The Morgan fingerprint density at radius 1 is 1.27 bits per heavy atom. The van der Waals surface area contributed by atoms with Crippen LogP contribution in [-0.4, -0.2) is 34.2 Å². The predicted octanol–water partition coefficient (Wildman–Crippen LogP) is 1.35. The van der Waals surface area contributed by atoms with E-state index in [1.807, 2.05) is 31.2 Å². The summed E-state index contributed by atoms with van der Waals surface area (Å²) in [5, 5.41) is 14.2. The van der Waals surface area contributed by atoms with E-state index in [2.05, 4.69) is 31.9 Å². The number of nitrogens with one attached hydrogen (secondary N) is 2. The number of carbonyl (C=O) groups is 1. The van der Waals surface area contributed by atoms with E-state index in [0.29, 0.717) is 5.82 Å². The van der Waals surface area contributed by atoms with Gasteiger partial charge in [-0.1, -0.05) is 12.1 Å². The molecule has 6 heteroatoms. The van der Waals surface area contributed by atoms with Crippen LogP contribution in [0.5, 0.6) is 0 Å². The van der Waals surface area contributed by atoms with Crippen molar-refractivity contribution >= 4 is 17.3 Å². The second-order valence-corrected chi connectivity index (χ2v) is 5.16. The lowest BCUT2D eigenvalue weighted by atomic mass is 10.2. The van der Waals surface area contributed by atoms with E-state index in [1.54, 1.807) is 6.07 Å². The summed E-state index contributed by atoms with van der Waals surface area (Å²) in [6, 6.07) is 9.26. The SMILES string of the molecule is Cc1cccc(CC(=O)Nc2ccc(C3=CCNC3)nn2)n1. The average molecular weight is 295 g/mol. The maximum Gasteiger partial charge on any atom is 0.231 e. The number of hydrogen-bond donors (Lipinski definition) is 2. The van der Waals surface area contributed by atoms with Crippen LogP contribution in [0.1, 0.15) is 17.1 Å². The van der Waals surface area contributed by atoms with Crippen LogP contribution < -0.4 is 10.6 Å². The highest BCUT2D eigenvalue weighted by Crippen LogP contribution is 2.14. The molecule has 2 N–H and O–H groups in total. The molecule has 22 heavy (non-hydrogen) atoms. The van der Waals surface area contributed by atoms with E-state index in [-0.39, 0.29) is 12.3 Å². The molecule has 0 bridgehead atoms. The number of aryl methyl sites for hydroxylation is 1. The van der Waals surface area contributed by atoms with Crippen molar-refractivity contribution in [2.75, 3.05) is 18.4 Å². The molecule has 0 spiro atoms. The number of pyridine rings is 1. The number of nitrogens with zero attached hydrogens (tertiary/aromatic N) is 3. The fourth-order valence-electron chi connectivity index (χ4n) is 2.29. The molecule has 0 atom stereocenters. The Balaban J connectivity index is 1.61. The van der Waals surface area contributed by atoms with Gasteiger partial charge in [-0.3, -0.25) is 9.78 Å². The Kier molecular flexibility index (Phi) is 4.20. The first kappa shape index (κ1) is 14.3. The minimum absolute atomic E-state index is 0.151. The molecule has 0 aliphatic carbocycles. The summed E-state index contributed by atoms with van der Waals surface area (Å²) in [6.45, 7) is 3.57. The monoisotopic (exact) mass is 295 g/mol. The first-order valence-corrected chi connectivity index (χ1v) is 7.17. The number of hydrogen-bond acceptors (Lipinski definition) is 5. The molecular formula is C16H17N5O. The largest absolute Gasteiger partial charge is 0.309 e. The lowest BCUT2D eigenvalue weighted by molar-refractivity contribution is -0.115. The van der Waals surface area contributed by atoms with Gasteiger partial charge < -0.3 is 10.6 Å². The summed E-state index contributed by atoms with van der Waals surface area (Å²) >= 11 is 0. The fourth-order valence-corrected chi connectivity index (χ4v) is 2.29. The van der Waals surface area contributed by atoms with E-state index in [1.165, 1.54) is 0 Å². The van der Waals surface area contributed by atoms with Gasteiger partial charge >= 0.3 is 0 Å². The molecule has 2 aromatic heterocycles. The summed E-state index contributed by atoms with van der Waals surface area (Å²) in [7, 11) is 0. The van der Waals surface area contributed by atoms with Crippen molar-refractivity contribution < 1.29 is 4.79 Å². The summed E-state index contributed by atoms with van der Waals surface area (Å²) in [5.74, 6) is 0.301. The van der Waals surface area contributed by atoms with Gasteiger partial charge in [0.25, 0.3) is 0 Å². The summed E-state index contributed by atoms with van der Waals surface area (Å²) in [6.07, 6.45) is 2.31. The first-order chi connectivity index (χ1) is 10.7. The second kappa shape index (κ2) is 6.44. The van der Waals surface area contributed by atoms with Gasteiger partial charge in [0, 0.05) is 24.5 Å². The number of rotatable bonds is 4. The topological polar surface area (TPSA) is 79.8 Å². The molecular weight excluding hydrogens is 278 g/mol. The Hall–Kier alpha value is -2.60. The van der Waals surface area contributed by atoms with Crippen molar-refractivity contribution in [2.45, 2.75) is 13.3 Å². The van der Waals surface area contributed by atoms with Gasteiger partial charge in [0.05, 0.1) is 12.1 Å². The van der Waals surface area contributed by atoms with Gasteiger partial charge in [-0.2, -0.15) is 0 Å². The molecule has 0 unspecified atom stereocenters. The number of carbonyl (C=O) groups excluding carboxylic acids is 1. The molecule has 3 heterocycles. The highest BCUT2D eigenvalue weighted by molar-refractivity contribution is 5.91. The molecule has 1 amide bonds. The van der Waals surface area contributed by atoms with Gasteiger partial charge in [0.15, 0.2) is 5.82 Å². The zero-order valence-electron chi connectivity index (χ0n) is 12.3. The van der Waals surface area contributed by atoms with E-state index >= 15 is 0 Å². The summed E-state index contributed by atoms with van der Waals surface area (Å²) in [5.41, 5.74) is 3.61. The van der Waals surface area contributed by atoms with Gasteiger partial charge in [-0.15, -0.1) is 10.2 Å². The molecule has 2 aromatic rings. The highest BCUT2D eigenvalue weighted by atomic mass is 16.1. The average Bonchev–Trinajstić information content (AvgIpc) is 3.02. The molecule has 1 aliphatic rings. The van der Waals surface area contributed by atoms with E-state index in [9.17, 15) is 4.79 Å². The van der Waals surface area contributed by atoms with Crippen LogP contribution >= 0.6 is 0 Å². The molecule has 3 rings (SSSR count). The van der Waals surface area contributed by atoms with E-state index < -0.39 is 0 Å². The molecule has 112 valence electrons. The molecule has 0 aromatic carbocycles. The number of amides is 1. The maximum absolute atomic E-state index is 12.0. The normalized spacial score (nSPS) is 13.8. The smallest absolute Gasteiger partial charge is 0.231 e. The van der Waals surface area contributed by atoms with Gasteiger partial charge in [0.1, 0.15) is 0 Å². The van der Waals surface area contributed by atoms with Gasteiger partial charge in [-0.05, 0) is 36.8 Å². The minimum atomic E-state index is -0.151. The van der Waals surface area contributed by atoms with Gasteiger partial charge in [0.2, 0.25) is 5.91 Å². The van der Waals surface area contributed by atoms with Crippen LogP contribution in [-0.2, 0) is 11.2 Å². The van der Waals surface area contributed by atoms with Crippen LogP contribution in [0.2, 0.25) is 0 Å². The maximum atomic E-state index is 12.0. The quantitative estimate of drug-likeness (QED) is 0.890. The molecule has 1 aliphatic heterocycles. The fraction of sp³-hybridized carbons (Fsp3) is 0.250. The third kappa shape index (κ3) is 3.53. The van der Waals surface area contributed by atoms with Crippen LogP contribution in [0.25, 0.3) is 5.57 Å². The van der Waals surface area contributed by atoms with Crippen molar-refractivity contribution in [1.29, 1.82) is 0 Å². The Morgan fingerprint density at radius 3 is 2.86 bits per heavy atom. The Bertz CT molecular complexity index is 709. The van der Waals surface area contributed by atoms with Crippen LogP contribution in [0.4, 0.5) is 5.82 Å². The minimum Gasteiger partial charge on any atom is -0.309 e. The lowest BCUT2D eigenvalue weighted by Gasteiger charge is -2.05. The third-order valence-corrected chi connectivity index (χ3v) is 3.36. The first-order valence-electron chi connectivity index (χ1n) is 7.17. The van der Waals surface area contributed by atoms with Crippen LogP contribution in [0.3, 0.4) is 0 Å².